The van der Waals surface area contributed by atoms with Crippen LogP contribution < -0.4 is 4.90 Å². The van der Waals surface area contributed by atoms with Crippen LogP contribution >= 0.6 is 11.6 Å². The minimum Gasteiger partial charge on any atom is -0.443 e. The molecule has 0 atom stereocenters. The smallest absolute Gasteiger partial charge is 0.414 e. The molecule has 0 heterocycles. The second-order valence-electron chi connectivity index (χ2n) is 4.90. The Bertz CT molecular complexity index is 511. The summed E-state index contributed by atoms with van der Waals surface area (Å²) in [6, 6.07) is 4.37. The van der Waals surface area contributed by atoms with Crippen molar-refractivity contribution < 1.29 is 14.5 Å². The summed E-state index contributed by atoms with van der Waals surface area (Å²) in [5.41, 5.74) is -0.914. The molecule has 0 aromatic heterocycles. The molecule has 1 aromatic rings. The number of para-hydroxylation sites is 1. The molecule has 0 spiro atoms. The average Bonchev–Trinajstić information content (AvgIpc) is 2.24. The highest BCUT2D eigenvalue weighted by Crippen LogP contribution is 2.34. The highest BCUT2D eigenvalue weighted by atomic mass is 35.5. The maximum atomic E-state index is 11.9. The highest BCUT2D eigenvalue weighted by Gasteiger charge is 2.27. The van der Waals surface area contributed by atoms with Crippen LogP contribution in [-0.2, 0) is 4.74 Å². The molecule has 0 fully saturated rings. The number of halogens is 1. The average molecular weight is 287 g/mol. The Labute approximate surface area is 116 Å². The summed E-state index contributed by atoms with van der Waals surface area (Å²) in [7, 11) is 1.40. The Balaban J connectivity index is 3.13. The van der Waals surface area contributed by atoms with E-state index in [1.165, 1.54) is 25.2 Å². The number of anilines is 1. The van der Waals surface area contributed by atoms with E-state index in [0.717, 1.165) is 4.90 Å². The molecular formula is C12H15ClN2O4. The molecule has 0 saturated heterocycles. The van der Waals surface area contributed by atoms with Gasteiger partial charge in [-0.25, -0.2) is 4.79 Å². The summed E-state index contributed by atoms with van der Waals surface area (Å²) < 4.78 is 5.15. The molecule has 19 heavy (non-hydrogen) atoms. The molecule has 0 unspecified atom stereocenters. The molecule has 1 rings (SSSR count). The SMILES string of the molecule is CN(C(=O)OC(C)(C)C)c1cccc(Cl)c1[N+](=O)[O-]. The predicted octanol–water partition coefficient (Wildman–Crippen LogP) is 3.62. The van der Waals surface area contributed by atoms with Crippen LogP contribution in [0, 0.1) is 10.1 Å². The number of nitro groups is 1. The van der Waals surface area contributed by atoms with Gasteiger partial charge in [0.25, 0.3) is 0 Å². The van der Waals surface area contributed by atoms with Crippen LogP contribution in [0.25, 0.3) is 0 Å². The molecule has 0 aliphatic carbocycles. The Kier molecular flexibility index (Phi) is 4.36. The van der Waals surface area contributed by atoms with Gasteiger partial charge < -0.3 is 4.74 Å². The van der Waals surface area contributed by atoms with E-state index in [-0.39, 0.29) is 16.4 Å². The number of nitrogens with zero attached hydrogens (tertiary/aromatic N) is 2. The first-order valence-corrected chi connectivity index (χ1v) is 5.91. The second kappa shape index (κ2) is 5.44. The quantitative estimate of drug-likeness (QED) is 0.615. The maximum absolute atomic E-state index is 11.9. The number of rotatable bonds is 2. The molecule has 0 aliphatic rings. The van der Waals surface area contributed by atoms with Crippen LogP contribution in [0.15, 0.2) is 18.2 Å². The summed E-state index contributed by atoms with van der Waals surface area (Å²) >= 11 is 5.79. The van der Waals surface area contributed by atoms with Crippen LogP contribution in [-0.4, -0.2) is 23.7 Å². The van der Waals surface area contributed by atoms with E-state index in [0.29, 0.717) is 0 Å². The molecule has 0 bridgehead atoms. The van der Waals surface area contributed by atoms with Crippen molar-refractivity contribution in [3.63, 3.8) is 0 Å². The molecule has 0 saturated carbocycles. The van der Waals surface area contributed by atoms with Crippen LogP contribution in [0.2, 0.25) is 5.02 Å². The van der Waals surface area contributed by atoms with Crippen LogP contribution in [0.1, 0.15) is 20.8 Å². The van der Waals surface area contributed by atoms with Crippen molar-refractivity contribution >= 4 is 29.1 Å². The van der Waals surface area contributed by atoms with Gasteiger partial charge in [0.1, 0.15) is 16.3 Å². The Morgan fingerprint density at radius 2 is 2.00 bits per heavy atom. The summed E-state index contributed by atoms with van der Waals surface area (Å²) in [5.74, 6) is 0. The summed E-state index contributed by atoms with van der Waals surface area (Å²) in [6.45, 7) is 5.14. The normalized spacial score (nSPS) is 11.0. The van der Waals surface area contributed by atoms with Crippen molar-refractivity contribution in [3.05, 3.63) is 33.3 Å². The van der Waals surface area contributed by atoms with Crippen LogP contribution in [0.4, 0.5) is 16.2 Å². The lowest BCUT2D eigenvalue weighted by Gasteiger charge is -2.24. The van der Waals surface area contributed by atoms with Gasteiger partial charge in [-0.1, -0.05) is 17.7 Å². The molecule has 0 radical (unpaired) electrons. The third kappa shape index (κ3) is 3.82. The van der Waals surface area contributed by atoms with Gasteiger partial charge in [0.05, 0.1) is 4.92 Å². The van der Waals surface area contributed by atoms with E-state index in [2.05, 4.69) is 0 Å². The fourth-order valence-electron chi connectivity index (χ4n) is 1.38. The predicted molar refractivity (Wildman–Crippen MR) is 72.7 cm³/mol. The van der Waals surface area contributed by atoms with Gasteiger partial charge in [-0.05, 0) is 32.9 Å². The number of benzene rings is 1. The third-order valence-corrected chi connectivity index (χ3v) is 2.48. The van der Waals surface area contributed by atoms with Crippen molar-refractivity contribution in [2.24, 2.45) is 0 Å². The van der Waals surface area contributed by atoms with Crippen molar-refractivity contribution in [2.45, 2.75) is 26.4 Å². The Morgan fingerprint density at radius 1 is 1.42 bits per heavy atom. The molecule has 0 N–H and O–H groups in total. The van der Waals surface area contributed by atoms with Crippen molar-refractivity contribution in [3.8, 4) is 0 Å². The lowest BCUT2D eigenvalue weighted by atomic mass is 10.2. The standard InChI is InChI=1S/C12H15ClN2O4/c1-12(2,3)19-11(16)14(4)9-7-5-6-8(13)10(9)15(17)18/h5-7H,1-4H3. The Hall–Kier alpha value is -1.82. The lowest BCUT2D eigenvalue weighted by Crippen LogP contribution is -2.34. The van der Waals surface area contributed by atoms with Crippen LogP contribution in [0.5, 0.6) is 0 Å². The first-order chi connectivity index (χ1) is 8.63. The minimum atomic E-state index is -0.683. The fourth-order valence-corrected chi connectivity index (χ4v) is 1.62. The topological polar surface area (TPSA) is 72.7 Å². The lowest BCUT2D eigenvalue weighted by molar-refractivity contribution is -0.383. The van der Waals surface area contributed by atoms with Gasteiger partial charge >= 0.3 is 11.8 Å². The summed E-state index contributed by atoms with van der Waals surface area (Å²) in [4.78, 5) is 23.3. The second-order valence-corrected chi connectivity index (χ2v) is 5.31. The van der Waals surface area contributed by atoms with E-state index in [4.69, 9.17) is 16.3 Å². The van der Waals surface area contributed by atoms with E-state index < -0.39 is 16.6 Å². The highest BCUT2D eigenvalue weighted by molar-refractivity contribution is 6.33. The minimum absolute atomic E-state index is 0.0297. The molecule has 7 heteroatoms. The molecular weight excluding hydrogens is 272 g/mol. The number of ether oxygens (including phenoxy) is 1. The third-order valence-electron chi connectivity index (χ3n) is 2.18. The summed E-state index contributed by atoms with van der Waals surface area (Å²) in [6.07, 6.45) is -0.683. The van der Waals surface area contributed by atoms with E-state index >= 15 is 0 Å². The monoisotopic (exact) mass is 286 g/mol. The number of hydrogen-bond acceptors (Lipinski definition) is 4. The van der Waals surface area contributed by atoms with Gasteiger partial charge in [0.2, 0.25) is 0 Å². The largest absolute Gasteiger partial charge is 0.443 e. The summed E-state index contributed by atoms with van der Waals surface area (Å²) in [5, 5.41) is 11.0. The number of amides is 1. The molecule has 1 aromatic carbocycles. The number of nitro benzene ring substituents is 1. The zero-order valence-corrected chi connectivity index (χ0v) is 11.9. The van der Waals surface area contributed by atoms with Gasteiger partial charge in [0.15, 0.2) is 0 Å². The maximum Gasteiger partial charge on any atom is 0.414 e. The Morgan fingerprint density at radius 3 is 2.47 bits per heavy atom. The number of hydrogen-bond donors (Lipinski definition) is 0. The molecule has 104 valence electrons. The van der Waals surface area contributed by atoms with E-state index in [1.807, 2.05) is 0 Å². The molecule has 6 nitrogen and oxygen atoms in total. The first-order valence-electron chi connectivity index (χ1n) is 5.53. The number of carbonyl (C=O) groups excluding carboxylic acids is 1. The molecule has 1 amide bonds. The van der Waals surface area contributed by atoms with Crippen molar-refractivity contribution in [2.75, 3.05) is 11.9 Å². The van der Waals surface area contributed by atoms with Gasteiger partial charge in [-0.15, -0.1) is 0 Å². The van der Waals surface area contributed by atoms with Crippen LogP contribution in [0.3, 0.4) is 0 Å². The fraction of sp³-hybridized carbons (Fsp3) is 0.417. The zero-order valence-electron chi connectivity index (χ0n) is 11.1. The molecule has 0 aliphatic heterocycles. The van der Waals surface area contributed by atoms with E-state index in [1.54, 1.807) is 20.8 Å². The van der Waals surface area contributed by atoms with Crippen molar-refractivity contribution in [1.29, 1.82) is 0 Å². The van der Waals surface area contributed by atoms with Gasteiger partial charge in [0, 0.05) is 7.05 Å². The first kappa shape index (κ1) is 15.2. The zero-order chi connectivity index (χ0) is 14.8. The van der Waals surface area contributed by atoms with Gasteiger partial charge in [-0.3, -0.25) is 15.0 Å². The van der Waals surface area contributed by atoms with E-state index in [9.17, 15) is 14.9 Å². The van der Waals surface area contributed by atoms with Gasteiger partial charge in [-0.2, -0.15) is 0 Å². The van der Waals surface area contributed by atoms with Crippen molar-refractivity contribution in [1.82, 2.24) is 0 Å². The number of carbonyl (C=O) groups is 1.